The van der Waals surface area contributed by atoms with Gasteiger partial charge in [0.15, 0.2) is 10.6 Å². The summed E-state index contributed by atoms with van der Waals surface area (Å²) in [5, 5.41) is 4.19. The number of hydrogen-bond acceptors (Lipinski definition) is 3. The Morgan fingerprint density at radius 3 is 2.95 bits per heavy atom. The second-order valence-corrected chi connectivity index (χ2v) is 5.38. The van der Waals surface area contributed by atoms with E-state index in [2.05, 4.69) is 31.0 Å². The number of aromatic amines is 1. The van der Waals surface area contributed by atoms with Crippen molar-refractivity contribution in [3.8, 4) is 0 Å². The molecule has 0 amide bonds. The summed E-state index contributed by atoms with van der Waals surface area (Å²) in [4.78, 5) is 7.19. The summed E-state index contributed by atoms with van der Waals surface area (Å²) in [6, 6.07) is 3.11. The third kappa shape index (κ3) is 2.21. The molecule has 98 valence electrons. The number of halogens is 2. The Morgan fingerprint density at radius 1 is 1.47 bits per heavy atom. The highest BCUT2D eigenvalue weighted by molar-refractivity contribution is 9.10. The van der Waals surface area contributed by atoms with Crippen LogP contribution in [-0.4, -0.2) is 24.3 Å². The molecule has 0 saturated carbocycles. The van der Waals surface area contributed by atoms with Gasteiger partial charge in [-0.2, -0.15) is 5.10 Å². The van der Waals surface area contributed by atoms with Crippen LogP contribution in [0.25, 0.3) is 11.0 Å². The van der Waals surface area contributed by atoms with Crippen molar-refractivity contribution in [1.82, 2.24) is 24.3 Å². The van der Waals surface area contributed by atoms with Crippen LogP contribution in [0.2, 0.25) is 0 Å². The second kappa shape index (κ2) is 4.53. The average molecular weight is 342 g/mol. The zero-order valence-electron chi connectivity index (χ0n) is 9.89. The van der Waals surface area contributed by atoms with Gasteiger partial charge in [-0.1, -0.05) is 0 Å². The predicted octanol–water partition coefficient (Wildman–Crippen LogP) is 2.78. The minimum absolute atomic E-state index is 0.329. The molecule has 0 aliphatic rings. The summed E-state index contributed by atoms with van der Waals surface area (Å²) in [6.07, 6.45) is 1.62. The molecule has 5 nitrogen and oxygen atoms in total. The monoisotopic (exact) mass is 341 g/mol. The number of H-pyrrole nitrogens is 1. The Bertz CT molecular complexity index is 818. The summed E-state index contributed by atoms with van der Waals surface area (Å²) < 4.78 is 17.9. The number of nitrogens with one attached hydrogen (secondary N) is 1. The summed E-state index contributed by atoms with van der Waals surface area (Å²) in [7, 11) is 1.79. The molecule has 0 atom stereocenters. The Labute approximate surface area is 121 Å². The lowest BCUT2D eigenvalue weighted by Crippen LogP contribution is -2.02. The number of aromatic nitrogens is 5. The standard InChI is InChI=1S/C11H9BrFN5S/c1-17-5-14-10(16-17)4-18-9-3-7(13)6(12)2-8(9)15-11(18)19/h2-3,5H,4H2,1H3,(H,15,19). The van der Waals surface area contributed by atoms with Crippen molar-refractivity contribution in [2.75, 3.05) is 0 Å². The average Bonchev–Trinajstić information content (AvgIpc) is 2.87. The Kier molecular flexibility index (Phi) is 2.98. The molecular formula is C11H9BrFN5S. The highest BCUT2D eigenvalue weighted by Gasteiger charge is 2.10. The Hall–Kier alpha value is -1.54. The molecule has 19 heavy (non-hydrogen) atoms. The first kappa shape index (κ1) is 12.5. The van der Waals surface area contributed by atoms with Gasteiger partial charge >= 0.3 is 0 Å². The lowest BCUT2D eigenvalue weighted by atomic mass is 10.3. The summed E-state index contributed by atoms with van der Waals surface area (Å²) >= 11 is 8.41. The molecule has 1 aromatic carbocycles. The molecule has 0 aliphatic carbocycles. The van der Waals surface area contributed by atoms with Gasteiger partial charge in [-0.15, -0.1) is 0 Å². The molecule has 1 N–H and O–H groups in total. The smallest absolute Gasteiger partial charge is 0.178 e. The molecule has 3 rings (SSSR count). The van der Waals surface area contributed by atoms with Crippen molar-refractivity contribution in [2.24, 2.45) is 7.05 Å². The minimum atomic E-state index is -0.329. The van der Waals surface area contributed by atoms with Crippen molar-refractivity contribution in [3.05, 3.63) is 39.3 Å². The summed E-state index contributed by atoms with van der Waals surface area (Å²) in [6.45, 7) is 0.404. The van der Waals surface area contributed by atoms with Crippen molar-refractivity contribution < 1.29 is 4.39 Å². The molecule has 0 spiro atoms. The van der Waals surface area contributed by atoms with Crippen LogP contribution >= 0.6 is 28.1 Å². The molecular weight excluding hydrogens is 333 g/mol. The molecule has 0 unspecified atom stereocenters. The van der Waals surface area contributed by atoms with Crippen molar-refractivity contribution >= 4 is 39.2 Å². The van der Waals surface area contributed by atoms with E-state index < -0.39 is 0 Å². The maximum absolute atomic E-state index is 13.6. The number of nitrogens with zero attached hydrogens (tertiary/aromatic N) is 4. The van der Waals surface area contributed by atoms with E-state index in [0.29, 0.717) is 27.1 Å². The second-order valence-electron chi connectivity index (χ2n) is 4.13. The number of fused-ring (bicyclic) bond motifs is 1. The van der Waals surface area contributed by atoms with Gasteiger partial charge in [0.1, 0.15) is 12.1 Å². The third-order valence-electron chi connectivity index (χ3n) is 2.76. The fourth-order valence-corrected chi connectivity index (χ4v) is 2.52. The van der Waals surface area contributed by atoms with E-state index in [1.807, 2.05) is 0 Å². The quantitative estimate of drug-likeness (QED) is 0.729. The Balaban J connectivity index is 2.15. The van der Waals surface area contributed by atoms with Crippen molar-refractivity contribution in [1.29, 1.82) is 0 Å². The highest BCUT2D eigenvalue weighted by Crippen LogP contribution is 2.23. The van der Waals surface area contributed by atoms with E-state index in [4.69, 9.17) is 12.2 Å². The number of imidazole rings is 1. The third-order valence-corrected chi connectivity index (χ3v) is 3.69. The van der Waals surface area contributed by atoms with Crippen LogP contribution in [0.4, 0.5) is 4.39 Å². The van der Waals surface area contributed by atoms with Gasteiger partial charge in [-0.25, -0.2) is 9.37 Å². The van der Waals surface area contributed by atoms with Crippen LogP contribution in [0.15, 0.2) is 22.9 Å². The molecule has 2 aromatic heterocycles. The van der Waals surface area contributed by atoms with Gasteiger partial charge in [0.2, 0.25) is 0 Å². The maximum atomic E-state index is 13.6. The molecule has 0 radical (unpaired) electrons. The van der Waals surface area contributed by atoms with E-state index in [1.165, 1.54) is 6.07 Å². The maximum Gasteiger partial charge on any atom is 0.178 e. The van der Waals surface area contributed by atoms with E-state index in [9.17, 15) is 4.39 Å². The van der Waals surface area contributed by atoms with Crippen LogP contribution in [0.3, 0.4) is 0 Å². The fraction of sp³-hybridized carbons (Fsp3) is 0.182. The van der Waals surface area contributed by atoms with Crippen LogP contribution in [0.5, 0.6) is 0 Å². The Morgan fingerprint density at radius 2 is 2.26 bits per heavy atom. The first-order valence-electron chi connectivity index (χ1n) is 5.46. The first-order chi connectivity index (χ1) is 9.04. The SMILES string of the molecule is Cn1cnc(Cn2c(=S)[nH]c3cc(Br)c(F)cc32)n1. The number of hydrogen-bond donors (Lipinski definition) is 1. The normalized spacial score (nSPS) is 11.3. The predicted molar refractivity (Wildman–Crippen MR) is 74.9 cm³/mol. The molecule has 2 heterocycles. The number of aryl methyl sites for hydroxylation is 1. The fourth-order valence-electron chi connectivity index (χ4n) is 1.91. The van der Waals surface area contributed by atoms with E-state index >= 15 is 0 Å². The van der Waals surface area contributed by atoms with Gasteiger partial charge in [0.25, 0.3) is 0 Å². The topological polar surface area (TPSA) is 51.4 Å². The van der Waals surface area contributed by atoms with Crippen LogP contribution in [0.1, 0.15) is 5.82 Å². The van der Waals surface area contributed by atoms with E-state index in [-0.39, 0.29) is 5.82 Å². The van der Waals surface area contributed by atoms with Gasteiger partial charge < -0.3 is 9.55 Å². The molecule has 0 saturated heterocycles. The zero-order chi connectivity index (χ0) is 13.6. The van der Waals surface area contributed by atoms with Crippen molar-refractivity contribution in [3.63, 3.8) is 0 Å². The van der Waals surface area contributed by atoms with Gasteiger partial charge in [-0.05, 0) is 34.2 Å². The molecule has 0 fully saturated rings. The van der Waals surface area contributed by atoms with Gasteiger partial charge in [0.05, 0.1) is 22.1 Å². The summed E-state index contributed by atoms with van der Waals surface area (Å²) in [5.41, 5.74) is 1.47. The first-order valence-corrected chi connectivity index (χ1v) is 6.67. The van der Waals surface area contributed by atoms with Gasteiger partial charge in [0, 0.05) is 13.1 Å². The van der Waals surface area contributed by atoms with Crippen LogP contribution < -0.4 is 0 Å². The van der Waals surface area contributed by atoms with E-state index in [0.717, 1.165) is 5.52 Å². The van der Waals surface area contributed by atoms with Crippen LogP contribution in [0, 0.1) is 10.6 Å². The molecule has 8 heteroatoms. The number of rotatable bonds is 2. The lowest BCUT2D eigenvalue weighted by Gasteiger charge is -2.01. The molecule has 0 aliphatic heterocycles. The van der Waals surface area contributed by atoms with Gasteiger partial charge in [-0.3, -0.25) is 4.68 Å². The largest absolute Gasteiger partial charge is 0.331 e. The summed E-state index contributed by atoms with van der Waals surface area (Å²) in [5.74, 6) is 0.298. The zero-order valence-corrected chi connectivity index (χ0v) is 12.3. The van der Waals surface area contributed by atoms with Crippen molar-refractivity contribution in [2.45, 2.75) is 6.54 Å². The highest BCUT2D eigenvalue weighted by atomic mass is 79.9. The molecule has 3 aromatic rings. The minimum Gasteiger partial charge on any atom is -0.331 e. The number of benzene rings is 1. The van der Waals surface area contributed by atoms with Crippen LogP contribution in [-0.2, 0) is 13.6 Å². The molecule has 0 bridgehead atoms. The van der Waals surface area contributed by atoms with E-state index in [1.54, 1.807) is 28.7 Å². The lowest BCUT2D eigenvalue weighted by molar-refractivity contribution is 0.621.